The zero-order chi connectivity index (χ0) is 25.1. The van der Waals surface area contributed by atoms with Crippen molar-refractivity contribution in [2.45, 2.75) is 50.9 Å². The van der Waals surface area contributed by atoms with E-state index in [9.17, 15) is 29.4 Å². The Hall–Kier alpha value is -2.44. The number of carboxylic acid groups (broad SMARTS) is 1. The number of phenolic OH excluding ortho intramolecular Hbond substituents is 1. The molecule has 0 bridgehead atoms. The summed E-state index contributed by atoms with van der Waals surface area (Å²) < 4.78 is 0. The third-order valence-electron chi connectivity index (χ3n) is 4.68. The van der Waals surface area contributed by atoms with E-state index in [0.717, 1.165) is 0 Å². The van der Waals surface area contributed by atoms with Gasteiger partial charge in [-0.15, -0.1) is 0 Å². The van der Waals surface area contributed by atoms with Gasteiger partial charge in [-0.2, -0.15) is 25.3 Å². The van der Waals surface area contributed by atoms with Crippen molar-refractivity contribution < 1.29 is 29.4 Å². The number of carboxylic acids is 1. The van der Waals surface area contributed by atoms with Gasteiger partial charge < -0.3 is 31.9 Å². The molecule has 3 amide bonds. The van der Waals surface area contributed by atoms with Crippen molar-refractivity contribution >= 4 is 48.9 Å². The van der Waals surface area contributed by atoms with Crippen molar-refractivity contribution in [3.63, 3.8) is 0 Å². The molecule has 0 aliphatic heterocycles. The highest BCUT2D eigenvalue weighted by atomic mass is 32.1. The van der Waals surface area contributed by atoms with E-state index in [2.05, 4.69) is 41.2 Å². The molecule has 0 aliphatic rings. The summed E-state index contributed by atoms with van der Waals surface area (Å²) in [7, 11) is 0. The molecule has 0 aromatic heterocycles. The van der Waals surface area contributed by atoms with Gasteiger partial charge in [0.1, 0.15) is 23.9 Å². The molecule has 0 aliphatic carbocycles. The third kappa shape index (κ3) is 9.93. The number of phenols is 1. The molecule has 1 aromatic rings. The van der Waals surface area contributed by atoms with Crippen LogP contribution in [-0.4, -0.2) is 69.6 Å². The van der Waals surface area contributed by atoms with E-state index >= 15 is 0 Å². The number of aliphatic carboxylic acids is 1. The Morgan fingerprint density at radius 2 is 1.33 bits per heavy atom. The average molecular weight is 501 g/mol. The molecule has 0 spiro atoms. The van der Waals surface area contributed by atoms with Crippen LogP contribution in [0.5, 0.6) is 5.75 Å². The summed E-state index contributed by atoms with van der Waals surface area (Å²) in [5.41, 5.74) is 6.42. The van der Waals surface area contributed by atoms with E-state index in [0.29, 0.717) is 12.0 Å². The largest absolute Gasteiger partial charge is 0.508 e. The Balaban J connectivity index is 2.77. The van der Waals surface area contributed by atoms with Gasteiger partial charge in [0.15, 0.2) is 0 Å². The lowest BCUT2D eigenvalue weighted by atomic mass is 10.0. The quantitative estimate of drug-likeness (QED) is 0.172. The Bertz CT molecular complexity index is 821. The zero-order valence-electron chi connectivity index (χ0n) is 18.5. The summed E-state index contributed by atoms with van der Waals surface area (Å²) in [5, 5.41) is 26.2. The third-order valence-corrected chi connectivity index (χ3v) is 5.41. The van der Waals surface area contributed by atoms with Crippen molar-refractivity contribution in [1.82, 2.24) is 16.0 Å². The molecule has 33 heavy (non-hydrogen) atoms. The number of carbonyl (C=O) groups is 4. The fourth-order valence-corrected chi connectivity index (χ4v) is 3.41. The number of thiol groups is 2. The van der Waals surface area contributed by atoms with E-state index < -0.39 is 47.9 Å². The normalized spacial score (nSPS) is 14.6. The molecular weight excluding hydrogens is 468 g/mol. The Labute approximate surface area is 203 Å². The van der Waals surface area contributed by atoms with Crippen LogP contribution in [0.4, 0.5) is 0 Å². The van der Waals surface area contributed by atoms with Crippen LogP contribution in [0.3, 0.4) is 0 Å². The van der Waals surface area contributed by atoms with Gasteiger partial charge in [0.05, 0.1) is 6.04 Å². The van der Waals surface area contributed by atoms with Gasteiger partial charge in [0.2, 0.25) is 17.7 Å². The zero-order valence-corrected chi connectivity index (χ0v) is 20.3. The molecule has 1 aromatic carbocycles. The molecule has 7 N–H and O–H groups in total. The van der Waals surface area contributed by atoms with Crippen molar-refractivity contribution in [3.05, 3.63) is 29.8 Å². The number of carbonyl (C=O) groups excluding carboxylic acids is 3. The number of rotatable bonds is 13. The first kappa shape index (κ1) is 28.6. The predicted octanol–water partition coefficient (Wildman–Crippen LogP) is -0.293. The maximum Gasteiger partial charge on any atom is 0.326 e. The maximum atomic E-state index is 12.6. The first-order valence-electron chi connectivity index (χ1n) is 10.4. The lowest BCUT2D eigenvalue weighted by Gasteiger charge is -2.24. The molecule has 0 fully saturated rings. The molecule has 4 atom stereocenters. The van der Waals surface area contributed by atoms with Crippen molar-refractivity contribution in [2.75, 3.05) is 11.5 Å². The number of nitrogens with two attached hydrogens (primary N) is 1. The summed E-state index contributed by atoms with van der Waals surface area (Å²) >= 11 is 8.16. The molecule has 4 unspecified atom stereocenters. The molecule has 0 heterocycles. The van der Waals surface area contributed by atoms with Crippen LogP contribution in [0, 0.1) is 5.92 Å². The van der Waals surface area contributed by atoms with E-state index in [1.54, 1.807) is 12.1 Å². The second-order valence-electron chi connectivity index (χ2n) is 7.99. The number of benzene rings is 1. The second-order valence-corrected chi connectivity index (χ2v) is 8.72. The van der Waals surface area contributed by atoms with E-state index in [4.69, 9.17) is 5.73 Å². The van der Waals surface area contributed by atoms with Gasteiger partial charge >= 0.3 is 5.97 Å². The number of nitrogens with one attached hydrogen (secondary N) is 3. The molecular formula is C21H32N4O6S2. The highest BCUT2D eigenvalue weighted by molar-refractivity contribution is 7.80. The summed E-state index contributed by atoms with van der Waals surface area (Å²) in [6, 6.07) is 1.65. The van der Waals surface area contributed by atoms with Crippen LogP contribution >= 0.6 is 25.3 Å². The van der Waals surface area contributed by atoms with Crippen molar-refractivity contribution in [1.29, 1.82) is 0 Å². The minimum Gasteiger partial charge on any atom is -0.508 e. The Kier molecular flexibility index (Phi) is 12.1. The first-order valence-corrected chi connectivity index (χ1v) is 11.6. The number of hydrogen-bond acceptors (Lipinski definition) is 8. The fourth-order valence-electron chi connectivity index (χ4n) is 2.89. The topological polar surface area (TPSA) is 171 Å². The van der Waals surface area contributed by atoms with Gasteiger partial charge in [0.25, 0.3) is 0 Å². The van der Waals surface area contributed by atoms with Crippen molar-refractivity contribution in [2.24, 2.45) is 11.7 Å². The van der Waals surface area contributed by atoms with E-state index in [-0.39, 0.29) is 29.6 Å². The monoisotopic (exact) mass is 500 g/mol. The minimum atomic E-state index is -1.27. The Morgan fingerprint density at radius 3 is 1.76 bits per heavy atom. The molecule has 0 radical (unpaired) electrons. The highest BCUT2D eigenvalue weighted by Gasteiger charge is 2.29. The maximum absolute atomic E-state index is 12.6. The number of aromatic hydroxyl groups is 1. The SMILES string of the molecule is CC(C)CC(N)C(=O)NC(CS)C(=O)NC(CS)C(=O)NC(Cc1ccc(O)cc1)C(=O)O. The van der Waals surface area contributed by atoms with Crippen LogP contribution in [0.2, 0.25) is 0 Å². The molecule has 12 heteroatoms. The fraction of sp³-hybridized carbons (Fsp3) is 0.524. The van der Waals surface area contributed by atoms with Crippen LogP contribution in [-0.2, 0) is 25.6 Å². The van der Waals surface area contributed by atoms with E-state index in [1.807, 2.05) is 13.8 Å². The molecule has 184 valence electrons. The van der Waals surface area contributed by atoms with Gasteiger partial charge in [-0.1, -0.05) is 26.0 Å². The van der Waals surface area contributed by atoms with Gasteiger partial charge in [0, 0.05) is 17.9 Å². The summed E-state index contributed by atoms with van der Waals surface area (Å²) in [6.45, 7) is 3.83. The standard InChI is InChI=1S/C21H32N4O6S2/c1-11(2)7-14(22)18(27)24-16(9-32)20(29)25-17(10-33)19(28)23-15(21(30)31)8-12-3-5-13(26)6-4-12/h3-6,11,14-17,26,32-33H,7-10,22H2,1-2H3,(H,23,28)(H,24,27)(H,25,29)(H,30,31). The summed E-state index contributed by atoms with van der Waals surface area (Å²) in [6.07, 6.45) is 0.406. The molecule has 0 saturated heterocycles. The van der Waals surface area contributed by atoms with Gasteiger partial charge in [-0.25, -0.2) is 4.79 Å². The lowest BCUT2D eigenvalue weighted by molar-refractivity contribution is -0.142. The smallest absolute Gasteiger partial charge is 0.326 e. The van der Waals surface area contributed by atoms with Crippen molar-refractivity contribution in [3.8, 4) is 5.75 Å². The van der Waals surface area contributed by atoms with Gasteiger partial charge in [-0.05, 0) is 30.0 Å². The Morgan fingerprint density at radius 1 is 0.879 bits per heavy atom. The molecule has 0 saturated carbocycles. The van der Waals surface area contributed by atoms with Gasteiger partial charge in [-0.3, -0.25) is 14.4 Å². The second kappa shape index (κ2) is 14.0. The highest BCUT2D eigenvalue weighted by Crippen LogP contribution is 2.11. The summed E-state index contributed by atoms with van der Waals surface area (Å²) in [4.78, 5) is 49.1. The predicted molar refractivity (Wildman–Crippen MR) is 130 cm³/mol. The lowest BCUT2D eigenvalue weighted by Crippen LogP contribution is -2.58. The summed E-state index contributed by atoms with van der Waals surface area (Å²) in [5.74, 6) is -3.11. The average Bonchev–Trinajstić information content (AvgIpc) is 2.75. The van der Waals surface area contributed by atoms with E-state index in [1.165, 1.54) is 12.1 Å². The van der Waals surface area contributed by atoms with Crippen LogP contribution in [0.25, 0.3) is 0 Å². The first-order chi connectivity index (χ1) is 15.5. The van der Waals surface area contributed by atoms with Crippen LogP contribution in [0.15, 0.2) is 24.3 Å². The molecule has 10 nitrogen and oxygen atoms in total. The minimum absolute atomic E-state index is 0.0301. The number of amides is 3. The van der Waals surface area contributed by atoms with Crippen LogP contribution < -0.4 is 21.7 Å². The van der Waals surface area contributed by atoms with Crippen LogP contribution in [0.1, 0.15) is 25.8 Å². The number of hydrogen-bond donors (Lipinski definition) is 8. The molecule has 1 rings (SSSR count).